The third-order valence-corrected chi connectivity index (χ3v) is 11.7. The highest BCUT2D eigenvalue weighted by Gasteiger charge is 2.50. The molecule has 268 valence electrons. The lowest BCUT2D eigenvalue weighted by molar-refractivity contribution is -0.137. The molecule has 4 aromatic rings. The number of alkyl halides is 4. The van der Waals surface area contributed by atoms with Gasteiger partial charge in [0.25, 0.3) is 0 Å². The van der Waals surface area contributed by atoms with Gasteiger partial charge in [-0.25, -0.2) is 13.2 Å². The third-order valence-electron chi connectivity index (χ3n) is 10.7. The summed E-state index contributed by atoms with van der Waals surface area (Å²) in [5, 5.41) is 9.16. The van der Waals surface area contributed by atoms with E-state index in [9.17, 15) is 18.8 Å². The second kappa shape index (κ2) is 12.3. The SMILES string of the molecule is C=CC(=O)N1CCC(C)(N(C)c2nc(OCC34CCCN3CC(F)C4)nc3c(F)c(-c4ccc(F)c5sc(N)c(C#N)c45)c(C(F)(F)F)cc23)C1. The molecule has 0 bridgehead atoms. The fourth-order valence-corrected chi connectivity index (χ4v) is 8.90. The molecule has 3 atom stereocenters. The summed E-state index contributed by atoms with van der Waals surface area (Å²) in [6.45, 7) is 6.74. The van der Waals surface area contributed by atoms with E-state index in [0.717, 1.165) is 24.6 Å². The van der Waals surface area contributed by atoms with Gasteiger partial charge in [0.2, 0.25) is 5.91 Å². The molecule has 0 saturated carbocycles. The number of ether oxygens (including phenoxy) is 1. The Hall–Kier alpha value is -4.62. The maximum atomic E-state index is 17.1. The van der Waals surface area contributed by atoms with Crippen molar-refractivity contribution in [1.82, 2.24) is 19.8 Å². The predicted octanol–water partition coefficient (Wildman–Crippen LogP) is 6.83. The second-order valence-corrected chi connectivity index (χ2v) is 14.8. The zero-order valence-corrected chi connectivity index (χ0v) is 28.5. The topological polar surface area (TPSA) is 112 Å². The first-order valence-electron chi connectivity index (χ1n) is 16.3. The Labute approximate surface area is 292 Å². The van der Waals surface area contributed by atoms with E-state index in [4.69, 9.17) is 10.5 Å². The molecule has 1 amide bonds. The lowest BCUT2D eigenvalue weighted by Crippen LogP contribution is -2.47. The van der Waals surface area contributed by atoms with Crippen LogP contribution in [0.1, 0.15) is 43.7 Å². The molecule has 0 aliphatic carbocycles. The van der Waals surface area contributed by atoms with Crippen LogP contribution in [-0.2, 0) is 11.0 Å². The number of rotatable bonds is 7. The first-order chi connectivity index (χ1) is 24.1. The van der Waals surface area contributed by atoms with Gasteiger partial charge in [-0.3, -0.25) is 9.69 Å². The predicted molar refractivity (Wildman–Crippen MR) is 181 cm³/mol. The number of nitrogens with zero attached hydrogens (tertiary/aromatic N) is 6. The minimum absolute atomic E-state index is 0.0334. The number of likely N-dealkylation sites (N-methyl/N-ethyl adjacent to an activating group) is 1. The van der Waals surface area contributed by atoms with Gasteiger partial charge in [0, 0.05) is 49.4 Å². The highest BCUT2D eigenvalue weighted by Crippen LogP contribution is 2.49. The van der Waals surface area contributed by atoms with Crippen molar-refractivity contribution in [2.45, 2.75) is 56.0 Å². The van der Waals surface area contributed by atoms with Crippen molar-refractivity contribution in [3.63, 3.8) is 0 Å². The summed E-state index contributed by atoms with van der Waals surface area (Å²) in [5.41, 5.74) is 0.932. The molecule has 2 aromatic carbocycles. The number of nitriles is 1. The number of aromatic nitrogens is 2. The fraction of sp³-hybridized carbons (Fsp3) is 0.429. The van der Waals surface area contributed by atoms with Crippen molar-refractivity contribution in [2.75, 3.05) is 50.5 Å². The highest BCUT2D eigenvalue weighted by molar-refractivity contribution is 7.23. The van der Waals surface area contributed by atoms with Crippen LogP contribution in [0.25, 0.3) is 32.1 Å². The van der Waals surface area contributed by atoms with E-state index in [0.29, 0.717) is 37.3 Å². The van der Waals surface area contributed by atoms with E-state index < -0.39 is 51.7 Å². The van der Waals surface area contributed by atoms with Gasteiger partial charge in [-0.05, 0) is 56.5 Å². The number of nitrogens with two attached hydrogens (primary N) is 1. The van der Waals surface area contributed by atoms with Gasteiger partial charge >= 0.3 is 12.2 Å². The van der Waals surface area contributed by atoms with E-state index in [2.05, 4.69) is 16.5 Å². The number of likely N-dealkylation sites (tertiary alicyclic amines) is 1. The van der Waals surface area contributed by atoms with Crippen molar-refractivity contribution >= 4 is 49.1 Å². The smallest absolute Gasteiger partial charge is 0.417 e. The van der Waals surface area contributed by atoms with Crippen LogP contribution in [0.5, 0.6) is 6.01 Å². The minimum Gasteiger partial charge on any atom is -0.461 e. The Bertz CT molecular complexity index is 2150. The molecule has 0 spiro atoms. The van der Waals surface area contributed by atoms with Crippen molar-refractivity contribution in [1.29, 1.82) is 5.26 Å². The lowest BCUT2D eigenvalue weighted by Gasteiger charge is -2.37. The number of carbonyl (C=O) groups excluding carboxylic acids is 1. The Kier molecular flexibility index (Phi) is 8.37. The maximum absolute atomic E-state index is 17.1. The van der Waals surface area contributed by atoms with Crippen molar-refractivity contribution < 1.29 is 35.9 Å². The Morgan fingerprint density at radius 2 is 2.04 bits per heavy atom. The molecular weight excluding hydrogens is 696 g/mol. The van der Waals surface area contributed by atoms with Crippen LogP contribution >= 0.6 is 11.3 Å². The van der Waals surface area contributed by atoms with Crippen LogP contribution in [0.3, 0.4) is 0 Å². The summed E-state index contributed by atoms with van der Waals surface area (Å²) in [5.74, 6) is -2.63. The largest absolute Gasteiger partial charge is 0.461 e. The van der Waals surface area contributed by atoms with Gasteiger partial charge in [-0.1, -0.05) is 12.6 Å². The molecule has 7 rings (SSSR count). The number of anilines is 2. The second-order valence-electron chi connectivity index (χ2n) is 13.7. The summed E-state index contributed by atoms with van der Waals surface area (Å²) < 4.78 is 97.6. The van der Waals surface area contributed by atoms with Crippen LogP contribution in [0.2, 0.25) is 0 Å². The lowest BCUT2D eigenvalue weighted by atomic mass is 9.92. The van der Waals surface area contributed by atoms with E-state index in [1.54, 1.807) is 16.8 Å². The van der Waals surface area contributed by atoms with Crippen molar-refractivity contribution in [3.05, 3.63) is 53.6 Å². The van der Waals surface area contributed by atoms with E-state index in [1.807, 2.05) is 17.9 Å². The van der Waals surface area contributed by atoms with Gasteiger partial charge in [0.05, 0.1) is 26.9 Å². The third kappa shape index (κ3) is 5.61. The fourth-order valence-electron chi connectivity index (χ4n) is 7.95. The van der Waals surface area contributed by atoms with Crippen LogP contribution in [0.15, 0.2) is 30.9 Å². The number of nitrogen functional groups attached to an aromatic ring is 1. The minimum atomic E-state index is -5.13. The maximum Gasteiger partial charge on any atom is 0.417 e. The molecule has 2 N–H and O–H groups in total. The Balaban J connectivity index is 1.46. The van der Waals surface area contributed by atoms with Gasteiger partial charge in [0.15, 0.2) is 5.82 Å². The van der Waals surface area contributed by atoms with E-state index >= 15 is 17.6 Å². The molecule has 16 heteroatoms. The summed E-state index contributed by atoms with van der Waals surface area (Å²) in [6, 6.07) is 4.11. The molecule has 51 heavy (non-hydrogen) atoms. The first kappa shape index (κ1) is 34.8. The van der Waals surface area contributed by atoms with Gasteiger partial charge < -0.3 is 20.3 Å². The number of halogens is 6. The normalized spacial score (nSPS) is 23.6. The molecule has 2 aromatic heterocycles. The van der Waals surface area contributed by atoms with Crippen LogP contribution in [0.4, 0.5) is 37.2 Å². The average Bonchev–Trinajstić information content (AvgIpc) is 3.84. The molecule has 3 aliphatic heterocycles. The number of fused-ring (bicyclic) bond motifs is 3. The quantitative estimate of drug-likeness (QED) is 0.163. The molecule has 5 heterocycles. The molecule has 9 nitrogen and oxygen atoms in total. The van der Waals surface area contributed by atoms with Gasteiger partial charge in [-0.2, -0.15) is 28.4 Å². The summed E-state index contributed by atoms with van der Waals surface area (Å²) in [7, 11) is 1.59. The van der Waals surface area contributed by atoms with Gasteiger partial charge in [-0.15, -0.1) is 11.3 Å². The van der Waals surface area contributed by atoms with Crippen LogP contribution in [-0.4, -0.2) is 82.8 Å². The number of carbonyl (C=O) groups is 1. The molecule has 0 radical (unpaired) electrons. The Morgan fingerprint density at radius 3 is 2.75 bits per heavy atom. The zero-order valence-electron chi connectivity index (χ0n) is 27.7. The van der Waals surface area contributed by atoms with Gasteiger partial charge in [0.1, 0.15) is 41.0 Å². The number of amides is 1. The first-order valence-corrected chi connectivity index (χ1v) is 17.1. The number of thiophene rings is 1. The van der Waals surface area contributed by atoms with E-state index in [-0.39, 0.29) is 75.5 Å². The van der Waals surface area contributed by atoms with Crippen molar-refractivity contribution in [3.8, 4) is 23.2 Å². The number of hydrogen-bond donors (Lipinski definition) is 1. The molecule has 3 fully saturated rings. The molecule has 3 saturated heterocycles. The molecule has 3 unspecified atom stereocenters. The monoisotopic (exact) mass is 729 g/mol. The van der Waals surface area contributed by atoms with Crippen molar-refractivity contribution in [2.24, 2.45) is 0 Å². The van der Waals surface area contributed by atoms with Crippen LogP contribution in [0, 0.1) is 23.0 Å². The zero-order chi connectivity index (χ0) is 36.6. The Morgan fingerprint density at radius 1 is 1.27 bits per heavy atom. The van der Waals surface area contributed by atoms with Crippen LogP contribution < -0.4 is 15.4 Å². The molecular formula is C35H33F6N7O2S. The average molecular weight is 730 g/mol. The highest BCUT2D eigenvalue weighted by atomic mass is 32.1. The standard InChI is InChI=1S/C35H33F6N7O2S/c1-4-24(49)47-11-9-33(2,16-47)46(3)31-20-12-22(35(39,40)41)26(19-6-7-23(37)29-25(19)21(14-42)30(43)51-29)27(38)28(20)44-32(45-31)50-17-34-8-5-10-48(34)15-18(36)13-34/h4,6-7,12,18H,1,5,8-11,13,15-17,43H2,2-3H3. The van der Waals surface area contributed by atoms with E-state index in [1.165, 1.54) is 6.08 Å². The summed E-state index contributed by atoms with van der Waals surface area (Å²) in [6.07, 6.45) is -2.93. The summed E-state index contributed by atoms with van der Waals surface area (Å²) in [4.78, 5) is 26.5. The summed E-state index contributed by atoms with van der Waals surface area (Å²) >= 11 is 0.673. The molecule has 3 aliphatic rings. The number of hydrogen-bond acceptors (Lipinski definition) is 9. The number of benzene rings is 2.